The van der Waals surface area contributed by atoms with Gasteiger partial charge in [-0.05, 0) is 10.5 Å². The third kappa shape index (κ3) is 4.59. The van der Waals surface area contributed by atoms with Gasteiger partial charge in [-0.15, -0.1) is 0 Å². The van der Waals surface area contributed by atoms with Crippen LogP contribution >= 0.6 is 22.6 Å². The third-order valence-corrected chi connectivity index (χ3v) is 1.29. The average molecular weight is 226 g/mol. The number of rotatable bonds is 3. The molecule has 0 spiro atoms. The Morgan fingerprint density at radius 1 is 1.75 bits per heavy atom. The molecule has 0 aliphatic heterocycles. The zero-order chi connectivity index (χ0) is 6.41. The summed E-state index contributed by atoms with van der Waals surface area (Å²) in [4.78, 5) is 0. The predicted octanol–water partition coefficient (Wildman–Crippen LogP) is 2.10. The molecule has 0 saturated heterocycles. The Bertz CT molecular complexity index is 70.9. The standard InChI is InChI=1S/C6H11IO/c1-2-3-6(8)4-5-7/h4-6,8H,2-3H2,1H3. The summed E-state index contributed by atoms with van der Waals surface area (Å²) in [6.45, 7) is 2.06. The van der Waals surface area contributed by atoms with Crippen molar-refractivity contribution in [3.8, 4) is 0 Å². The van der Waals surface area contributed by atoms with Crippen LogP contribution < -0.4 is 0 Å². The van der Waals surface area contributed by atoms with Crippen LogP contribution in [-0.2, 0) is 0 Å². The Morgan fingerprint density at radius 2 is 2.38 bits per heavy atom. The highest BCUT2D eigenvalue weighted by Crippen LogP contribution is 1.98. The van der Waals surface area contributed by atoms with Crippen LogP contribution in [0.1, 0.15) is 19.8 Å². The molecule has 0 fully saturated rings. The highest BCUT2D eigenvalue weighted by Gasteiger charge is 1.92. The fourth-order valence-corrected chi connectivity index (χ4v) is 0.955. The molecule has 1 nitrogen and oxygen atoms in total. The number of halogens is 1. The molecule has 2 heteroatoms. The molecular formula is C6H11IO. The molecule has 0 amide bonds. The molecule has 0 aliphatic carbocycles. The predicted molar refractivity (Wildman–Crippen MR) is 44.1 cm³/mol. The van der Waals surface area contributed by atoms with Crippen LogP contribution in [0.15, 0.2) is 10.2 Å². The molecule has 0 aliphatic rings. The van der Waals surface area contributed by atoms with E-state index < -0.39 is 0 Å². The average Bonchev–Trinajstić information content (AvgIpc) is 1.68. The molecule has 0 radical (unpaired) electrons. The van der Waals surface area contributed by atoms with Crippen LogP contribution in [0.4, 0.5) is 0 Å². The van der Waals surface area contributed by atoms with Gasteiger partial charge in [-0.25, -0.2) is 0 Å². The first-order valence-electron chi connectivity index (χ1n) is 2.76. The maximum atomic E-state index is 8.96. The van der Waals surface area contributed by atoms with Gasteiger partial charge in [0, 0.05) is 0 Å². The minimum Gasteiger partial charge on any atom is -0.389 e. The quantitative estimate of drug-likeness (QED) is 0.730. The van der Waals surface area contributed by atoms with Crippen molar-refractivity contribution in [2.45, 2.75) is 25.9 Å². The van der Waals surface area contributed by atoms with E-state index in [9.17, 15) is 0 Å². The van der Waals surface area contributed by atoms with Gasteiger partial charge in [0.15, 0.2) is 0 Å². The van der Waals surface area contributed by atoms with E-state index in [0.717, 1.165) is 12.8 Å². The van der Waals surface area contributed by atoms with Gasteiger partial charge >= 0.3 is 0 Å². The Balaban J connectivity index is 3.17. The van der Waals surface area contributed by atoms with Gasteiger partial charge in [0.25, 0.3) is 0 Å². The topological polar surface area (TPSA) is 20.2 Å². The minimum absolute atomic E-state index is 0.225. The summed E-state index contributed by atoms with van der Waals surface area (Å²) in [6.07, 6.45) is 3.49. The van der Waals surface area contributed by atoms with E-state index in [0.29, 0.717) is 0 Å². The number of hydrogen-bond acceptors (Lipinski definition) is 1. The number of aliphatic hydroxyl groups is 1. The smallest absolute Gasteiger partial charge is 0.0728 e. The van der Waals surface area contributed by atoms with E-state index in [1.807, 2.05) is 4.08 Å². The number of aliphatic hydroxyl groups excluding tert-OH is 1. The SMILES string of the molecule is CCCC(O)C=CI. The summed E-state index contributed by atoms with van der Waals surface area (Å²) in [6, 6.07) is 0. The first kappa shape index (κ1) is 8.43. The van der Waals surface area contributed by atoms with Crippen molar-refractivity contribution in [3.05, 3.63) is 10.2 Å². The summed E-state index contributed by atoms with van der Waals surface area (Å²) < 4.78 is 1.85. The molecule has 0 rings (SSSR count). The molecule has 0 bridgehead atoms. The lowest BCUT2D eigenvalue weighted by Gasteiger charge is -1.98. The van der Waals surface area contributed by atoms with Crippen molar-refractivity contribution in [1.29, 1.82) is 0 Å². The Hall–Kier alpha value is 0.430. The summed E-state index contributed by atoms with van der Waals surface area (Å²) >= 11 is 2.10. The lowest BCUT2D eigenvalue weighted by Crippen LogP contribution is -1.98. The maximum absolute atomic E-state index is 8.96. The second-order valence-electron chi connectivity index (χ2n) is 1.67. The van der Waals surface area contributed by atoms with Gasteiger partial charge in [-0.2, -0.15) is 0 Å². The van der Waals surface area contributed by atoms with Crippen LogP contribution in [0.2, 0.25) is 0 Å². The van der Waals surface area contributed by atoms with Crippen molar-refractivity contribution < 1.29 is 5.11 Å². The largest absolute Gasteiger partial charge is 0.389 e. The van der Waals surface area contributed by atoms with E-state index in [1.165, 1.54) is 0 Å². The molecule has 1 atom stereocenters. The van der Waals surface area contributed by atoms with Gasteiger partial charge in [-0.3, -0.25) is 0 Å². The van der Waals surface area contributed by atoms with Crippen LogP contribution in [0.5, 0.6) is 0 Å². The molecule has 0 aromatic rings. The summed E-state index contributed by atoms with van der Waals surface area (Å²) in [5.41, 5.74) is 0. The molecule has 1 N–H and O–H groups in total. The van der Waals surface area contributed by atoms with Gasteiger partial charge in [-0.1, -0.05) is 42.0 Å². The van der Waals surface area contributed by atoms with Crippen molar-refractivity contribution in [3.63, 3.8) is 0 Å². The van der Waals surface area contributed by atoms with E-state index in [2.05, 4.69) is 29.5 Å². The van der Waals surface area contributed by atoms with Gasteiger partial charge < -0.3 is 5.11 Å². The second-order valence-corrected chi connectivity index (χ2v) is 2.39. The first-order chi connectivity index (χ1) is 3.81. The third-order valence-electron chi connectivity index (χ3n) is 0.879. The Labute approximate surface area is 63.9 Å². The fourth-order valence-electron chi connectivity index (χ4n) is 0.476. The Morgan fingerprint density at radius 3 is 2.75 bits per heavy atom. The molecule has 0 heterocycles. The lowest BCUT2D eigenvalue weighted by atomic mass is 10.2. The van der Waals surface area contributed by atoms with Crippen LogP contribution in [0, 0.1) is 0 Å². The van der Waals surface area contributed by atoms with Crippen molar-refractivity contribution >= 4 is 22.6 Å². The van der Waals surface area contributed by atoms with E-state index >= 15 is 0 Å². The highest BCUT2D eigenvalue weighted by molar-refractivity contribution is 14.1. The van der Waals surface area contributed by atoms with Gasteiger partial charge in [0.1, 0.15) is 0 Å². The van der Waals surface area contributed by atoms with Crippen molar-refractivity contribution in [2.75, 3.05) is 0 Å². The van der Waals surface area contributed by atoms with Crippen LogP contribution in [-0.4, -0.2) is 11.2 Å². The summed E-state index contributed by atoms with van der Waals surface area (Å²) in [7, 11) is 0. The second kappa shape index (κ2) is 5.56. The zero-order valence-electron chi connectivity index (χ0n) is 4.97. The van der Waals surface area contributed by atoms with E-state index in [4.69, 9.17) is 5.11 Å². The van der Waals surface area contributed by atoms with Crippen molar-refractivity contribution in [2.24, 2.45) is 0 Å². The molecular weight excluding hydrogens is 215 g/mol. The summed E-state index contributed by atoms with van der Waals surface area (Å²) in [5.74, 6) is 0. The van der Waals surface area contributed by atoms with Crippen molar-refractivity contribution in [1.82, 2.24) is 0 Å². The first-order valence-corrected chi connectivity index (χ1v) is 4.00. The lowest BCUT2D eigenvalue weighted by molar-refractivity contribution is 0.212. The summed E-state index contributed by atoms with van der Waals surface area (Å²) in [5, 5.41) is 8.96. The molecule has 8 heavy (non-hydrogen) atoms. The van der Waals surface area contributed by atoms with Gasteiger partial charge in [0.2, 0.25) is 0 Å². The van der Waals surface area contributed by atoms with Crippen LogP contribution in [0.3, 0.4) is 0 Å². The molecule has 0 aromatic carbocycles. The Kier molecular flexibility index (Phi) is 5.86. The highest BCUT2D eigenvalue weighted by atomic mass is 127. The van der Waals surface area contributed by atoms with E-state index in [1.54, 1.807) is 6.08 Å². The maximum Gasteiger partial charge on any atom is 0.0728 e. The minimum atomic E-state index is -0.225. The normalized spacial score (nSPS) is 14.9. The van der Waals surface area contributed by atoms with E-state index in [-0.39, 0.29) is 6.10 Å². The molecule has 48 valence electrons. The fraction of sp³-hybridized carbons (Fsp3) is 0.667. The van der Waals surface area contributed by atoms with Crippen LogP contribution in [0.25, 0.3) is 0 Å². The molecule has 1 unspecified atom stereocenters. The van der Waals surface area contributed by atoms with Gasteiger partial charge in [0.05, 0.1) is 6.10 Å². The molecule has 0 saturated carbocycles. The number of hydrogen-bond donors (Lipinski definition) is 1. The molecule has 0 aromatic heterocycles. The monoisotopic (exact) mass is 226 g/mol. The zero-order valence-corrected chi connectivity index (χ0v) is 7.13.